The fourth-order valence-corrected chi connectivity index (χ4v) is 4.14. The van der Waals surface area contributed by atoms with E-state index in [-0.39, 0.29) is 0 Å². The van der Waals surface area contributed by atoms with E-state index >= 15 is 0 Å². The second-order valence-electron chi connectivity index (χ2n) is 8.04. The van der Waals surface area contributed by atoms with Crippen LogP contribution in [0.5, 0.6) is 0 Å². The quantitative estimate of drug-likeness (QED) is 0.665. The summed E-state index contributed by atoms with van der Waals surface area (Å²) in [6, 6.07) is 7.98. The first-order chi connectivity index (χ1) is 14.4. The summed E-state index contributed by atoms with van der Waals surface area (Å²) >= 11 is 0. The molecule has 6 heteroatoms. The third-order valence-electron chi connectivity index (χ3n) is 5.97. The molecule has 0 unspecified atom stereocenters. The maximum atomic E-state index is 12.6. The van der Waals surface area contributed by atoms with Gasteiger partial charge in [-0.3, -0.25) is 9.97 Å². The van der Waals surface area contributed by atoms with E-state index in [0.717, 1.165) is 49.2 Å². The lowest BCUT2D eigenvalue weighted by atomic mass is 9.89. The Morgan fingerprint density at radius 3 is 2.73 bits per heavy atom. The Morgan fingerprint density at radius 1 is 1.27 bits per heavy atom. The molecule has 1 aliphatic heterocycles. The highest BCUT2D eigenvalue weighted by molar-refractivity contribution is 5.85. The standard InChI is InChI=1S/C24H28N4O2/c1-4-28-9-7-17(8-10-28)18-5-6-19-11-20(24(29)30-23(19)12-18)21(25)13-22-16(3)27-15(2)14-26-22/h5-6,11-14,17H,4,7-10,25H2,1-3H3/b21-13-. The number of piperidine rings is 1. The van der Waals surface area contributed by atoms with Gasteiger partial charge in [-0.1, -0.05) is 19.1 Å². The lowest BCUT2D eigenvalue weighted by Crippen LogP contribution is -2.32. The number of fused-ring (bicyclic) bond motifs is 1. The predicted molar refractivity (Wildman–Crippen MR) is 120 cm³/mol. The van der Waals surface area contributed by atoms with E-state index in [1.54, 1.807) is 18.3 Å². The first-order valence-corrected chi connectivity index (χ1v) is 10.5. The number of aromatic nitrogens is 2. The number of nitrogens with zero attached hydrogens (tertiary/aromatic N) is 3. The van der Waals surface area contributed by atoms with Crippen LogP contribution in [0.3, 0.4) is 0 Å². The molecule has 3 aromatic rings. The van der Waals surface area contributed by atoms with Crippen molar-refractivity contribution in [1.29, 1.82) is 0 Å². The molecule has 1 fully saturated rings. The average molecular weight is 405 g/mol. The second kappa shape index (κ2) is 8.40. The largest absolute Gasteiger partial charge is 0.422 e. The molecule has 1 aliphatic rings. The van der Waals surface area contributed by atoms with Crippen molar-refractivity contribution >= 4 is 22.7 Å². The summed E-state index contributed by atoms with van der Waals surface area (Å²) < 4.78 is 5.65. The molecule has 3 heterocycles. The van der Waals surface area contributed by atoms with Gasteiger partial charge >= 0.3 is 5.63 Å². The number of hydrogen-bond donors (Lipinski definition) is 1. The van der Waals surface area contributed by atoms with Crippen LogP contribution in [0.25, 0.3) is 22.7 Å². The molecule has 0 radical (unpaired) electrons. The zero-order valence-corrected chi connectivity index (χ0v) is 17.8. The van der Waals surface area contributed by atoms with Crippen LogP contribution in [0.4, 0.5) is 0 Å². The van der Waals surface area contributed by atoms with Gasteiger partial charge in [0.15, 0.2) is 0 Å². The Hall–Kier alpha value is -2.99. The third-order valence-corrected chi connectivity index (χ3v) is 5.97. The number of rotatable bonds is 4. The first-order valence-electron chi connectivity index (χ1n) is 10.5. The van der Waals surface area contributed by atoms with Gasteiger partial charge in [-0.05, 0) is 76.0 Å². The van der Waals surface area contributed by atoms with Crippen LogP contribution >= 0.6 is 0 Å². The van der Waals surface area contributed by atoms with E-state index in [0.29, 0.717) is 28.5 Å². The van der Waals surface area contributed by atoms with E-state index in [2.05, 4.69) is 27.9 Å². The Morgan fingerprint density at radius 2 is 2.03 bits per heavy atom. The van der Waals surface area contributed by atoms with Gasteiger partial charge in [0.2, 0.25) is 0 Å². The molecule has 0 amide bonds. The van der Waals surface area contributed by atoms with Crippen LogP contribution in [-0.2, 0) is 0 Å². The van der Waals surface area contributed by atoms with Crippen LogP contribution in [0.2, 0.25) is 0 Å². The van der Waals surface area contributed by atoms with Crippen molar-refractivity contribution in [1.82, 2.24) is 14.9 Å². The topological polar surface area (TPSA) is 85.2 Å². The summed E-state index contributed by atoms with van der Waals surface area (Å²) in [4.78, 5) is 23.9. The molecule has 0 bridgehead atoms. The molecule has 30 heavy (non-hydrogen) atoms. The highest BCUT2D eigenvalue weighted by Gasteiger charge is 2.20. The van der Waals surface area contributed by atoms with Crippen molar-refractivity contribution in [3.05, 3.63) is 69.1 Å². The summed E-state index contributed by atoms with van der Waals surface area (Å²) in [7, 11) is 0. The number of aryl methyl sites for hydroxylation is 2. The number of hydrogen-bond acceptors (Lipinski definition) is 6. The number of likely N-dealkylation sites (tertiary alicyclic amines) is 1. The fraction of sp³-hybridized carbons (Fsp3) is 0.375. The van der Waals surface area contributed by atoms with E-state index in [4.69, 9.17) is 10.2 Å². The van der Waals surface area contributed by atoms with Crippen molar-refractivity contribution < 1.29 is 4.42 Å². The van der Waals surface area contributed by atoms with Crippen molar-refractivity contribution in [3.63, 3.8) is 0 Å². The van der Waals surface area contributed by atoms with E-state index in [1.807, 2.05) is 26.0 Å². The SMILES string of the molecule is CCN1CCC(c2ccc3cc(/C(N)=C/c4ncc(C)nc4C)c(=O)oc3c2)CC1. The molecule has 4 rings (SSSR count). The van der Waals surface area contributed by atoms with Crippen molar-refractivity contribution in [2.24, 2.45) is 5.73 Å². The molecule has 0 spiro atoms. The van der Waals surface area contributed by atoms with Gasteiger partial charge in [-0.25, -0.2) is 4.79 Å². The molecule has 1 saturated heterocycles. The lowest BCUT2D eigenvalue weighted by molar-refractivity contribution is 0.222. The van der Waals surface area contributed by atoms with Gasteiger partial charge in [0.05, 0.1) is 22.6 Å². The molecule has 2 N–H and O–H groups in total. The normalized spacial score (nSPS) is 16.3. The average Bonchev–Trinajstić information content (AvgIpc) is 2.74. The van der Waals surface area contributed by atoms with Crippen molar-refractivity contribution in [2.45, 2.75) is 39.5 Å². The highest BCUT2D eigenvalue weighted by Crippen LogP contribution is 2.30. The van der Waals surface area contributed by atoms with Crippen LogP contribution in [0, 0.1) is 13.8 Å². The maximum absolute atomic E-state index is 12.6. The molecular weight excluding hydrogens is 376 g/mol. The summed E-state index contributed by atoms with van der Waals surface area (Å²) in [6.07, 6.45) is 5.62. The zero-order valence-electron chi connectivity index (χ0n) is 17.8. The fourth-order valence-electron chi connectivity index (χ4n) is 4.14. The minimum Gasteiger partial charge on any atom is -0.422 e. The monoisotopic (exact) mass is 404 g/mol. The molecule has 1 aromatic carbocycles. The summed E-state index contributed by atoms with van der Waals surface area (Å²) in [5.41, 5.74) is 10.5. The van der Waals surface area contributed by atoms with Gasteiger partial charge in [0.1, 0.15) is 5.58 Å². The molecule has 6 nitrogen and oxygen atoms in total. The van der Waals surface area contributed by atoms with Gasteiger partial charge in [0.25, 0.3) is 0 Å². The molecule has 0 atom stereocenters. The summed E-state index contributed by atoms with van der Waals surface area (Å²) in [5.74, 6) is 0.509. The lowest BCUT2D eigenvalue weighted by Gasteiger charge is -2.31. The summed E-state index contributed by atoms with van der Waals surface area (Å²) in [6.45, 7) is 9.29. The van der Waals surface area contributed by atoms with Crippen LogP contribution in [0.15, 0.2) is 39.7 Å². The van der Waals surface area contributed by atoms with E-state index < -0.39 is 5.63 Å². The predicted octanol–water partition coefficient (Wildman–Crippen LogP) is 3.86. The van der Waals surface area contributed by atoms with Crippen LogP contribution < -0.4 is 11.4 Å². The Labute approximate surface area is 176 Å². The Bertz CT molecular complexity index is 1160. The molecule has 0 saturated carbocycles. The Balaban J connectivity index is 1.64. The van der Waals surface area contributed by atoms with Crippen molar-refractivity contribution in [2.75, 3.05) is 19.6 Å². The molecule has 0 aliphatic carbocycles. The van der Waals surface area contributed by atoms with Gasteiger partial charge < -0.3 is 15.1 Å². The number of benzene rings is 1. The van der Waals surface area contributed by atoms with Crippen LogP contribution in [-0.4, -0.2) is 34.5 Å². The van der Waals surface area contributed by atoms with Crippen molar-refractivity contribution in [3.8, 4) is 0 Å². The second-order valence-corrected chi connectivity index (χ2v) is 8.04. The third kappa shape index (κ3) is 4.14. The Kier molecular flexibility index (Phi) is 5.68. The number of nitrogens with two attached hydrogens (primary N) is 1. The summed E-state index contributed by atoms with van der Waals surface area (Å²) in [5, 5.41) is 0.863. The van der Waals surface area contributed by atoms with Crippen LogP contribution in [0.1, 0.15) is 53.9 Å². The van der Waals surface area contributed by atoms with E-state index in [1.165, 1.54) is 5.56 Å². The van der Waals surface area contributed by atoms with Gasteiger partial charge in [-0.15, -0.1) is 0 Å². The van der Waals surface area contributed by atoms with Gasteiger partial charge in [-0.2, -0.15) is 0 Å². The highest BCUT2D eigenvalue weighted by atomic mass is 16.4. The van der Waals surface area contributed by atoms with E-state index in [9.17, 15) is 4.79 Å². The molecular formula is C24H28N4O2. The first kappa shape index (κ1) is 20.3. The molecule has 2 aromatic heterocycles. The minimum atomic E-state index is -0.438. The smallest absolute Gasteiger partial charge is 0.345 e. The maximum Gasteiger partial charge on any atom is 0.345 e. The zero-order chi connectivity index (χ0) is 21.3. The molecule has 156 valence electrons. The van der Waals surface area contributed by atoms with Gasteiger partial charge in [0, 0.05) is 17.3 Å². The minimum absolute atomic E-state index is 0.322.